The molecule has 0 fully saturated rings. The highest BCUT2D eigenvalue weighted by Crippen LogP contribution is 2.30. The number of anilines is 1. The molecule has 5 nitrogen and oxygen atoms in total. The van der Waals surface area contributed by atoms with Crippen LogP contribution in [0, 0.1) is 0 Å². The normalized spacial score (nSPS) is 12.2. The maximum atomic E-state index is 12.1. The molecular formula is C14H12Cl2N2O3. The highest BCUT2D eigenvalue weighted by Gasteiger charge is 2.15. The molecule has 0 unspecified atom stereocenters. The van der Waals surface area contributed by atoms with Gasteiger partial charge in [0.2, 0.25) is 0 Å². The lowest BCUT2D eigenvalue weighted by atomic mass is 10.2. The number of amides is 1. The molecule has 2 heterocycles. The lowest BCUT2D eigenvalue weighted by Gasteiger charge is -2.18. The first-order chi connectivity index (χ1) is 9.72. The van der Waals surface area contributed by atoms with E-state index in [-0.39, 0.29) is 18.3 Å². The molecule has 1 aliphatic rings. The van der Waals surface area contributed by atoms with Gasteiger partial charge in [0.05, 0.1) is 5.02 Å². The van der Waals surface area contributed by atoms with E-state index < -0.39 is 0 Å². The summed E-state index contributed by atoms with van der Waals surface area (Å²) in [6.45, 7) is 1.00. The number of fused-ring (bicyclic) bond motifs is 1. The summed E-state index contributed by atoms with van der Waals surface area (Å²) in [5.74, 6) is 1.40. The number of rotatable bonds is 2. The third-order valence-corrected chi connectivity index (χ3v) is 3.00. The Balaban J connectivity index is 0.00000161. The molecule has 2 aromatic rings. The SMILES string of the molecule is Cl.O=C(Nc1ccc(Cl)cn1)c1ccc2c(c1)OCCO2. The molecule has 1 N–H and O–H groups in total. The molecule has 0 saturated carbocycles. The molecule has 0 spiro atoms. The van der Waals surface area contributed by atoms with E-state index in [1.165, 1.54) is 6.20 Å². The summed E-state index contributed by atoms with van der Waals surface area (Å²) in [5.41, 5.74) is 0.478. The van der Waals surface area contributed by atoms with Crippen LogP contribution in [0.3, 0.4) is 0 Å². The van der Waals surface area contributed by atoms with Crippen LogP contribution in [0.15, 0.2) is 36.5 Å². The molecule has 0 saturated heterocycles. The van der Waals surface area contributed by atoms with Gasteiger partial charge in [-0.1, -0.05) is 11.6 Å². The van der Waals surface area contributed by atoms with Gasteiger partial charge in [-0.2, -0.15) is 0 Å². The van der Waals surface area contributed by atoms with Crippen molar-refractivity contribution >= 4 is 35.7 Å². The third-order valence-electron chi connectivity index (χ3n) is 2.77. The van der Waals surface area contributed by atoms with Crippen molar-refractivity contribution in [2.75, 3.05) is 18.5 Å². The number of hydrogen-bond donors (Lipinski definition) is 1. The Morgan fingerprint density at radius 3 is 2.62 bits per heavy atom. The number of aromatic nitrogens is 1. The van der Waals surface area contributed by atoms with Crippen molar-refractivity contribution in [1.29, 1.82) is 0 Å². The van der Waals surface area contributed by atoms with E-state index in [4.69, 9.17) is 21.1 Å². The fourth-order valence-corrected chi connectivity index (χ4v) is 1.93. The second kappa shape index (κ2) is 6.65. The van der Waals surface area contributed by atoms with Crippen LogP contribution >= 0.6 is 24.0 Å². The quantitative estimate of drug-likeness (QED) is 0.920. The zero-order chi connectivity index (χ0) is 13.9. The minimum absolute atomic E-state index is 0. The topological polar surface area (TPSA) is 60.5 Å². The van der Waals surface area contributed by atoms with Crippen molar-refractivity contribution in [3.63, 3.8) is 0 Å². The van der Waals surface area contributed by atoms with E-state index in [0.717, 1.165) is 0 Å². The van der Waals surface area contributed by atoms with E-state index in [2.05, 4.69) is 10.3 Å². The molecule has 110 valence electrons. The van der Waals surface area contributed by atoms with E-state index in [1.807, 2.05) is 0 Å². The van der Waals surface area contributed by atoms with Crippen LogP contribution in [0.1, 0.15) is 10.4 Å². The molecular weight excluding hydrogens is 315 g/mol. The van der Waals surface area contributed by atoms with Crippen molar-refractivity contribution < 1.29 is 14.3 Å². The molecule has 0 bridgehead atoms. The molecule has 1 amide bonds. The molecule has 0 radical (unpaired) electrons. The van der Waals surface area contributed by atoms with E-state index in [1.54, 1.807) is 30.3 Å². The first-order valence-electron chi connectivity index (χ1n) is 6.05. The fourth-order valence-electron chi connectivity index (χ4n) is 1.82. The van der Waals surface area contributed by atoms with Crippen molar-refractivity contribution in [2.45, 2.75) is 0 Å². The molecule has 1 aliphatic heterocycles. The van der Waals surface area contributed by atoms with Crippen LogP contribution in [0.2, 0.25) is 5.02 Å². The predicted molar refractivity (Wildman–Crippen MR) is 81.9 cm³/mol. The Hall–Kier alpha value is -1.98. The monoisotopic (exact) mass is 326 g/mol. The van der Waals surface area contributed by atoms with Gasteiger partial charge in [0.25, 0.3) is 5.91 Å². The van der Waals surface area contributed by atoms with Crippen molar-refractivity contribution in [2.24, 2.45) is 0 Å². The lowest BCUT2D eigenvalue weighted by Crippen LogP contribution is -2.17. The van der Waals surface area contributed by atoms with Gasteiger partial charge < -0.3 is 14.8 Å². The smallest absolute Gasteiger partial charge is 0.256 e. The number of benzene rings is 1. The molecule has 7 heteroatoms. The van der Waals surface area contributed by atoms with Gasteiger partial charge in [-0.05, 0) is 30.3 Å². The highest BCUT2D eigenvalue weighted by atomic mass is 35.5. The number of pyridine rings is 1. The number of carbonyl (C=O) groups excluding carboxylic acids is 1. The Bertz CT molecular complexity index is 647. The van der Waals surface area contributed by atoms with Gasteiger partial charge in [-0.3, -0.25) is 4.79 Å². The molecule has 0 aliphatic carbocycles. The lowest BCUT2D eigenvalue weighted by molar-refractivity contribution is 0.102. The average Bonchev–Trinajstić information content (AvgIpc) is 2.49. The summed E-state index contributed by atoms with van der Waals surface area (Å²) >= 11 is 5.74. The zero-order valence-corrected chi connectivity index (χ0v) is 12.4. The Morgan fingerprint density at radius 1 is 1.14 bits per heavy atom. The standard InChI is InChI=1S/C14H11ClN2O3.ClH/c15-10-2-4-13(16-8-10)17-14(18)9-1-3-11-12(7-9)20-6-5-19-11;/h1-4,7-8H,5-6H2,(H,16,17,18);1H. The second-order valence-electron chi connectivity index (χ2n) is 4.17. The molecule has 0 atom stereocenters. The number of carbonyl (C=O) groups is 1. The van der Waals surface area contributed by atoms with E-state index in [9.17, 15) is 4.79 Å². The minimum atomic E-state index is -0.267. The predicted octanol–water partition coefficient (Wildman–Crippen LogP) is 3.18. The summed E-state index contributed by atoms with van der Waals surface area (Å²) in [6.07, 6.45) is 1.47. The van der Waals surface area contributed by atoms with Crippen LogP contribution in [-0.2, 0) is 0 Å². The fraction of sp³-hybridized carbons (Fsp3) is 0.143. The van der Waals surface area contributed by atoms with Crippen LogP contribution < -0.4 is 14.8 Å². The van der Waals surface area contributed by atoms with Crippen LogP contribution in [0.25, 0.3) is 0 Å². The zero-order valence-electron chi connectivity index (χ0n) is 10.8. The van der Waals surface area contributed by atoms with Crippen LogP contribution in [0.5, 0.6) is 11.5 Å². The number of ether oxygens (including phenoxy) is 2. The number of halogens is 2. The number of nitrogens with one attached hydrogen (secondary N) is 1. The van der Waals surface area contributed by atoms with Crippen molar-refractivity contribution in [3.8, 4) is 11.5 Å². The molecule has 1 aromatic heterocycles. The third kappa shape index (κ3) is 3.56. The largest absolute Gasteiger partial charge is 0.486 e. The van der Waals surface area contributed by atoms with Gasteiger partial charge in [-0.15, -0.1) is 12.4 Å². The van der Waals surface area contributed by atoms with Gasteiger partial charge >= 0.3 is 0 Å². The maximum Gasteiger partial charge on any atom is 0.256 e. The maximum absolute atomic E-state index is 12.1. The highest BCUT2D eigenvalue weighted by molar-refractivity contribution is 6.30. The molecule has 3 rings (SSSR count). The first kappa shape index (κ1) is 15.4. The van der Waals surface area contributed by atoms with Crippen molar-refractivity contribution in [1.82, 2.24) is 4.98 Å². The van der Waals surface area contributed by atoms with E-state index >= 15 is 0 Å². The van der Waals surface area contributed by atoms with Gasteiger partial charge in [-0.25, -0.2) is 4.98 Å². The Labute approximate surface area is 132 Å². The van der Waals surface area contributed by atoms with Gasteiger partial charge in [0.15, 0.2) is 11.5 Å². The summed E-state index contributed by atoms with van der Waals surface area (Å²) in [7, 11) is 0. The van der Waals surface area contributed by atoms with E-state index in [0.29, 0.717) is 41.1 Å². The molecule has 21 heavy (non-hydrogen) atoms. The Kier molecular flexibility index (Phi) is 4.88. The number of hydrogen-bond acceptors (Lipinski definition) is 4. The van der Waals surface area contributed by atoms with Crippen LogP contribution in [-0.4, -0.2) is 24.1 Å². The summed E-state index contributed by atoms with van der Waals surface area (Å²) in [5, 5.41) is 3.20. The first-order valence-corrected chi connectivity index (χ1v) is 6.43. The second-order valence-corrected chi connectivity index (χ2v) is 4.61. The Morgan fingerprint density at radius 2 is 1.90 bits per heavy atom. The summed E-state index contributed by atoms with van der Waals surface area (Å²) in [4.78, 5) is 16.1. The summed E-state index contributed by atoms with van der Waals surface area (Å²) < 4.78 is 10.8. The minimum Gasteiger partial charge on any atom is -0.486 e. The van der Waals surface area contributed by atoms with Gasteiger partial charge in [0.1, 0.15) is 19.0 Å². The van der Waals surface area contributed by atoms with Gasteiger partial charge in [0, 0.05) is 11.8 Å². The van der Waals surface area contributed by atoms with Crippen molar-refractivity contribution in [3.05, 3.63) is 47.1 Å². The number of nitrogens with zero attached hydrogens (tertiary/aromatic N) is 1. The average molecular weight is 327 g/mol. The molecule has 1 aromatic carbocycles. The summed E-state index contributed by atoms with van der Waals surface area (Å²) in [6, 6.07) is 8.35. The van der Waals surface area contributed by atoms with Crippen LogP contribution in [0.4, 0.5) is 5.82 Å².